The summed E-state index contributed by atoms with van der Waals surface area (Å²) in [4.78, 5) is 31.4. The Balaban J connectivity index is 1.11. The number of hydrogen-bond acceptors (Lipinski definition) is 6. The molecule has 0 aromatic carbocycles. The van der Waals surface area contributed by atoms with Gasteiger partial charge in [0.25, 0.3) is 5.91 Å². The average Bonchev–Trinajstić information content (AvgIpc) is 3.39. The van der Waals surface area contributed by atoms with E-state index in [9.17, 15) is 22.8 Å². The second-order valence-electron chi connectivity index (χ2n) is 10.2. The van der Waals surface area contributed by atoms with Crippen molar-refractivity contribution in [2.75, 3.05) is 13.1 Å². The van der Waals surface area contributed by atoms with Gasteiger partial charge in [0, 0.05) is 50.2 Å². The van der Waals surface area contributed by atoms with Crippen molar-refractivity contribution in [3.63, 3.8) is 0 Å². The monoisotopic (exact) mass is 541 g/mol. The molecule has 2 fully saturated rings. The Morgan fingerprint density at radius 2 is 1.95 bits per heavy atom. The maximum Gasteiger partial charge on any atom is 0.340 e. The van der Waals surface area contributed by atoms with E-state index >= 15 is 0 Å². The van der Waals surface area contributed by atoms with Crippen LogP contribution in [0.5, 0.6) is 5.75 Å². The lowest BCUT2D eigenvalue weighted by Crippen LogP contribution is -2.60. The van der Waals surface area contributed by atoms with Crippen LogP contribution in [-0.2, 0) is 7.05 Å². The van der Waals surface area contributed by atoms with Crippen LogP contribution in [0.4, 0.5) is 18.0 Å². The Kier molecular flexibility index (Phi) is 6.35. The summed E-state index contributed by atoms with van der Waals surface area (Å²) in [6.07, 6.45) is 7.97. The molecule has 10 nitrogen and oxygen atoms in total. The quantitative estimate of drug-likeness (QED) is 0.603. The van der Waals surface area contributed by atoms with Crippen LogP contribution in [0.3, 0.4) is 0 Å². The Morgan fingerprint density at radius 1 is 1.15 bits per heavy atom. The standard InChI is InChI=1S/C26H26F3N7O3/c1-34-24(19(10-32-34)25(37)33-17-2-3-17)21-9-23(20(29)11-30-21)39-18-12-35(13-18)26(38)36-22(4-5-31-36)14-6-15(27)8-16(28)7-14/h5-6,8-11,14,17-18,22H,2-4,7,12-13H2,1H3,(H,33,37)/t14?,22-/m0/s1. The molecule has 1 saturated carbocycles. The summed E-state index contributed by atoms with van der Waals surface area (Å²) < 4.78 is 49.5. The highest BCUT2D eigenvalue weighted by Gasteiger charge is 2.41. The number of nitrogens with one attached hydrogen (secondary N) is 1. The maximum absolute atomic E-state index is 14.6. The minimum absolute atomic E-state index is 0.00122. The molecule has 2 aromatic heterocycles. The highest BCUT2D eigenvalue weighted by Crippen LogP contribution is 2.34. The molecule has 4 heterocycles. The number of hydrogen-bond donors (Lipinski definition) is 1. The second kappa shape index (κ2) is 9.86. The number of nitrogens with zero attached hydrogens (tertiary/aromatic N) is 6. The number of amides is 3. The molecule has 2 atom stereocenters. The van der Waals surface area contributed by atoms with Crippen molar-refractivity contribution >= 4 is 18.2 Å². The number of hydrazone groups is 1. The highest BCUT2D eigenvalue weighted by molar-refractivity contribution is 5.99. The summed E-state index contributed by atoms with van der Waals surface area (Å²) in [7, 11) is 1.67. The molecular formula is C26H26F3N7O3. The molecule has 2 aliphatic carbocycles. The van der Waals surface area contributed by atoms with Gasteiger partial charge in [0.05, 0.1) is 48.5 Å². The number of likely N-dealkylation sites (tertiary alicyclic amines) is 1. The van der Waals surface area contributed by atoms with Gasteiger partial charge >= 0.3 is 6.03 Å². The SMILES string of the molecule is Cn1ncc(C(=O)NC2CC2)c1-c1cc(OC2CN(C(=O)N3N=CC[C@H]3C3C=C(F)C=C(F)C3)C2)c(F)cn1. The summed E-state index contributed by atoms with van der Waals surface area (Å²) in [5.74, 6) is -2.77. The molecule has 1 N–H and O–H groups in total. The predicted octanol–water partition coefficient (Wildman–Crippen LogP) is 3.48. The van der Waals surface area contributed by atoms with E-state index in [1.54, 1.807) is 13.3 Å². The molecule has 3 amide bonds. The number of rotatable bonds is 6. The number of halogens is 3. The van der Waals surface area contributed by atoms with E-state index in [0.29, 0.717) is 23.4 Å². The van der Waals surface area contributed by atoms with Gasteiger partial charge in [0.2, 0.25) is 0 Å². The molecule has 13 heteroatoms. The van der Waals surface area contributed by atoms with E-state index in [2.05, 4.69) is 20.5 Å². The number of carbonyl (C=O) groups is 2. The van der Waals surface area contributed by atoms with Crippen molar-refractivity contribution in [2.45, 2.75) is 43.9 Å². The number of carbonyl (C=O) groups excluding carboxylic acids is 2. The van der Waals surface area contributed by atoms with Crippen molar-refractivity contribution in [1.82, 2.24) is 30.0 Å². The van der Waals surface area contributed by atoms with Gasteiger partial charge in [0.15, 0.2) is 11.6 Å². The van der Waals surface area contributed by atoms with Crippen molar-refractivity contribution < 1.29 is 27.5 Å². The number of aromatic nitrogens is 3. The topological polar surface area (TPSA) is 105 Å². The Morgan fingerprint density at radius 3 is 2.69 bits per heavy atom. The zero-order chi connectivity index (χ0) is 27.3. The van der Waals surface area contributed by atoms with Crippen molar-refractivity contribution in [3.8, 4) is 17.1 Å². The van der Waals surface area contributed by atoms with Crippen molar-refractivity contribution in [2.24, 2.45) is 18.1 Å². The smallest absolute Gasteiger partial charge is 0.340 e. The van der Waals surface area contributed by atoms with E-state index in [0.717, 1.165) is 25.1 Å². The lowest BCUT2D eigenvalue weighted by atomic mass is 9.90. The van der Waals surface area contributed by atoms with Crippen molar-refractivity contribution in [3.05, 3.63) is 53.6 Å². The summed E-state index contributed by atoms with van der Waals surface area (Å²) in [5, 5.41) is 12.5. The van der Waals surface area contributed by atoms with E-state index < -0.39 is 41.6 Å². The van der Waals surface area contributed by atoms with E-state index in [4.69, 9.17) is 4.74 Å². The third-order valence-corrected chi connectivity index (χ3v) is 7.23. The predicted molar refractivity (Wildman–Crippen MR) is 133 cm³/mol. The first-order chi connectivity index (χ1) is 18.8. The van der Waals surface area contributed by atoms with Crippen molar-refractivity contribution in [1.29, 1.82) is 0 Å². The van der Waals surface area contributed by atoms with Gasteiger partial charge in [-0.05, 0) is 18.9 Å². The fourth-order valence-electron chi connectivity index (χ4n) is 5.00. The van der Waals surface area contributed by atoms with Crippen LogP contribution >= 0.6 is 0 Å². The molecule has 0 radical (unpaired) electrons. The van der Waals surface area contributed by atoms with Gasteiger partial charge in [-0.1, -0.05) is 0 Å². The number of urea groups is 1. The zero-order valence-electron chi connectivity index (χ0n) is 21.1. The Bertz CT molecular complexity index is 1410. The number of pyridine rings is 1. The summed E-state index contributed by atoms with van der Waals surface area (Å²) >= 11 is 0. The normalized spacial score (nSPS) is 22.9. The zero-order valence-corrected chi connectivity index (χ0v) is 21.1. The van der Waals surface area contributed by atoms with Gasteiger partial charge in [0.1, 0.15) is 17.8 Å². The van der Waals surface area contributed by atoms with Crippen LogP contribution in [0.25, 0.3) is 11.4 Å². The Hall–Kier alpha value is -4.16. The fraction of sp³-hybridized carbons (Fsp3) is 0.423. The lowest BCUT2D eigenvalue weighted by Gasteiger charge is -2.41. The van der Waals surface area contributed by atoms with Crippen LogP contribution in [0, 0.1) is 11.7 Å². The van der Waals surface area contributed by atoms with Crippen LogP contribution in [0.15, 0.2) is 47.4 Å². The molecule has 0 spiro atoms. The third-order valence-electron chi connectivity index (χ3n) is 7.23. The first-order valence-corrected chi connectivity index (χ1v) is 12.8. The first kappa shape index (κ1) is 25.1. The average molecular weight is 542 g/mol. The minimum Gasteiger partial charge on any atom is -0.483 e. The summed E-state index contributed by atoms with van der Waals surface area (Å²) in [6, 6.07) is 0.676. The molecule has 39 heavy (non-hydrogen) atoms. The van der Waals surface area contributed by atoms with Gasteiger partial charge in [-0.15, -0.1) is 0 Å². The summed E-state index contributed by atoms with van der Waals surface area (Å²) in [6.45, 7) is 0.358. The fourth-order valence-corrected chi connectivity index (χ4v) is 5.00. The van der Waals surface area contributed by atoms with Crippen LogP contribution in [0.2, 0.25) is 0 Å². The Labute approximate surface area is 221 Å². The molecular weight excluding hydrogens is 515 g/mol. The largest absolute Gasteiger partial charge is 0.483 e. The molecule has 1 saturated heterocycles. The molecule has 2 aliphatic heterocycles. The van der Waals surface area contributed by atoms with E-state index in [1.807, 2.05) is 0 Å². The molecule has 4 aliphatic rings. The van der Waals surface area contributed by atoms with E-state index in [1.165, 1.54) is 32.9 Å². The summed E-state index contributed by atoms with van der Waals surface area (Å²) in [5.41, 5.74) is 1.09. The van der Waals surface area contributed by atoms with Gasteiger partial charge in [-0.2, -0.15) is 10.2 Å². The number of aryl methyl sites for hydroxylation is 1. The number of ether oxygens (including phenoxy) is 1. The third kappa shape index (κ3) is 5.00. The minimum atomic E-state index is -0.680. The van der Waals surface area contributed by atoms with Gasteiger partial charge < -0.3 is 15.0 Å². The van der Waals surface area contributed by atoms with Crippen LogP contribution in [0.1, 0.15) is 36.0 Å². The maximum atomic E-state index is 14.6. The molecule has 204 valence electrons. The van der Waals surface area contributed by atoms with E-state index in [-0.39, 0.29) is 37.2 Å². The van der Waals surface area contributed by atoms with Crippen LogP contribution < -0.4 is 10.1 Å². The number of allylic oxidation sites excluding steroid dienone is 3. The highest BCUT2D eigenvalue weighted by atomic mass is 19.1. The molecule has 1 unspecified atom stereocenters. The van der Waals surface area contributed by atoms with Gasteiger partial charge in [-0.25, -0.2) is 23.0 Å². The van der Waals surface area contributed by atoms with Crippen LogP contribution in [-0.4, -0.2) is 74.1 Å². The molecule has 0 bridgehead atoms. The van der Waals surface area contributed by atoms with Gasteiger partial charge in [-0.3, -0.25) is 14.5 Å². The first-order valence-electron chi connectivity index (χ1n) is 12.8. The molecule has 2 aromatic rings. The second-order valence-corrected chi connectivity index (χ2v) is 10.2. The lowest BCUT2D eigenvalue weighted by molar-refractivity contribution is 0.0235. The molecule has 6 rings (SSSR count).